The van der Waals surface area contributed by atoms with Crippen LogP contribution < -0.4 is 11.1 Å². The van der Waals surface area contributed by atoms with Crippen LogP contribution in [0.5, 0.6) is 0 Å². The Kier molecular flexibility index (Phi) is 5.04. The highest BCUT2D eigenvalue weighted by atomic mass is 32.1. The Morgan fingerprint density at radius 3 is 2.65 bits per heavy atom. The highest BCUT2D eigenvalue weighted by molar-refractivity contribution is 7.11. The van der Waals surface area contributed by atoms with Gasteiger partial charge in [0.15, 0.2) is 0 Å². The van der Waals surface area contributed by atoms with E-state index in [1.807, 2.05) is 0 Å². The van der Waals surface area contributed by atoms with E-state index in [0.717, 1.165) is 6.08 Å². The van der Waals surface area contributed by atoms with Crippen molar-refractivity contribution in [3.05, 3.63) is 28.0 Å². The number of aliphatic carboxylic acids is 1. The summed E-state index contributed by atoms with van der Waals surface area (Å²) in [6, 6.07) is 1.58. The molecule has 0 atom stereocenters. The van der Waals surface area contributed by atoms with Crippen LogP contribution in [0.1, 0.15) is 35.5 Å². The second-order valence-electron chi connectivity index (χ2n) is 4.89. The molecule has 4 N–H and O–H groups in total. The summed E-state index contributed by atoms with van der Waals surface area (Å²) < 4.78 is 0. The first kappa shape index (κ1) is 15.9. The van der Waals surface area contributed by atoms with Gasteiger partial charge < -0.3 is 16.2 Å². The maximum absolute atomic E-state index is 12.0. The third-order valence-electron chi connectivity index (χ3n) is 2.34. The predicted molar refractivity (Wildman–Crippen MR) is 76.3 cm³/mol. The van der Waals surface area contributed by atoms with Crippen LogP contribution in [0.2, 0.25) is 0 Å². The molecule has 0 aromatic carbocycles. The number of carboxylic acids is 1. The Labute approximate surface area is 120 Å². The number of carboxylic acid groups (broad SMARTS) is 1. The summed E-state index contributed by atoms with van der Waals surface area (Å²) in [7, 11) is 0. The third kappa shape index (κ3) is 5.23. The number of hydrogen-bond acceptors (Lipinski definition) is 4. The Morgan fingerprint density at radius 1 is 1.45 bits per heavy atom. The van der Waals surface area contributed by atoms with Gasteiger partial charge in [-0.1, -0.05) is 0 Å². The topological polar surface area (TPSA) is 109 Å². The highest BCUT2D eigenvalue weighted by Crippen LogP contribution is 2.18. The molecular formula is C13H16N2O4S. The van der Waals surface area contributed by atoms with Crippen LogP contribution in [0.15, 0.2) is 17.5 Å². The zero-order valence-electron chi connectivity index (χ0n) is 11.2. The molecule has 1 aromatic heterocycles. The van der Waals surface area contributed by atoms with E-state index in [1.54, 1.807) is 25.3 Å². The zero-order valence-corrected chi connectivity index (χ0v) is 12.0. The van der Waals surface area contributed by atoms with E-state index in [1.165, 1.54) is 17.4 Å². The van der Waals surface area contributed by atoms with E-state index in [0.29, 0.717) is 10.4 Å². The monoisotopic (exact) mass is 296 g/mol. The quantitative estimate of drug-likeness (QED) is 0.686. The van der Waals surface area contributed by atoms with Crippen molar-refractivity contribution >= 4 is 35.2 Å². The molecule has 0 spiro atoms. The lowest BCUT2D eigenvalue weighted by atomic mass is 10.00. The Hall–Kier alpha value is -2.15. The summed E-state index contributed by atoms with van der Waals surface area (Å²) in [6.45, 7) is 3.40. The summed E-state index contributed by atoms with van der Waals surface area (Å²) in [5.74, 6) is -1.87. The summed E-state index contributed by atoms with van der Waals surface area (Å²) in [5, 5.41) is 12.9. The van der Waals surface area contributed by atoms with Gasteiger partial charge in [-0.15, -0.1) is 11.3 Å². The van der Waals surface area contributed by atoms with E-state index in [9.17, 15) is 14.4 Å². The van der Waals surface area contributed by atoms with Gasteiger partial charge >= 0.3 is 5.97 Å². The Bertz CT molecular complexity index is 560. The van der Waals surface area contributed by atoms with E-state index in [2.05, 4.69) is 5.32 Å². The largest absolute Gasteiger partial charge is 0.478 e. The van der Waals surface area contributed by atoms with Crippen LogP contribution in [0.4, 0.5) is 0 Å². The van der Waals surface area contributed by atoms with E-state index in [4.69, 9.17) is 10.8 Å². The fourth-order valence-corrected chi connectivity index (χ4v) is 2.35. The van der Waals surface area contributed by atoms with Crippen molar-refractivity contribution in [3.8, 4) is 0 Å². The number of amides is 2. The average Bonchev–Trinajstić information content (AvgIpc) is 2.72. The van der Waals surface area contributed by atoms with Gasteiger partial charge in [0.2, 0.25) is 5.91 Å². The smallest absolute Gasteiger partial charge is 0.328 e. The molecule has 6 nitrogen and oxygen atoms in total. The van der Waals surface area contributed by atoms with Gasteiger partial charge in [-0.2, -0.15) is 0 Å². The molecule has 1 aromatic rings. The summed E-state index contributed by atoms with van der Waals surface area (Å²) >= 11 is 1.26. The first-order valence-corrected chi connectivity index (χ1v) is 6.68. The number of nitrogens with one attached hydrogen (secondary N) is 1. The molecule has 0 bridgehead atoms. The Balaban J connectivity index is 2.73. The molecule has 0 aliphatic carbocycles. The van der Waals surface area contributed by atoms with Crippen molar-refractivity contribution in [3.63, 3.8) is 0 Å². The van der Waals surface area contributed by atoms with Gasteiger partial charge in [0.1, 0.15) is 0 Å². The normalized spacial score (nSPS) is 11.5. The number of carbonyl (C=O) groups excluding carboxylic acids is 2. The number of nitrogens with two attached hydrogens (primary N) is 1. The van der Waals surface area contributed by atoms with Crippen molar-refractivity contribution in [2.24, 2.45) is 5.73 Å². The lowest BCUT2D eigenvalue weighted by Gasteiger charge is -2.24. The van der Waals surface area contributed by atoms with E-state index >= 15 is 0 Å². The van der Waals surface area contributed by atoms with Crippen molar-refractivity contribution in [2.75, 3.05) is 0 Å². The molecule has 20 heavy (non-hydrogen) atoms. The minimum Gasteiger partial charge on any atom is -0.478 e. The molecule has 7 heteroatoms. The van der Waals surface area contributed by atoms with Crippen LogP contribution >= 0.6 is 11.3 Å². The lowest BCUT2D eigenvalue weighted by Crippen LogP contribution is -2.45. The third-order valence-corrected chi connectivity index (χ3v) is 3.24. The second kappa shape index (κ2) is 6.33. The number of primary amides is 1. The van der Waals surface area contributed by atoms with Crippen molar-refractivity contribution in [2.45, 2.75) is 25.8 Å². The van der Waals surface area contributed by atoms with Crippen LogP contribution in [0, 0.1) is 0 Å². The minimum absolute atomic E-state index is 0.0364. The number of carbonyl (C=O) groups is 3. The highest BCUT2D eigenvalue weighted by Gasteiger charge is 2.23. The molecule has 0 radical (unpaired) electrons. The molecule has 2 amide bonds. The van der Waals surface area contributed by atoms with Gasteiger partial charge in [-0.25, -0.2) is 4.79 Å². The van der Waals surface area contributed by atoms with Crippen LogP contribution in [0.3, 0.4) is 0 Å². The second-order valence-corrected chi connectivity index (χ2v) is 5.83. The molecule has 0 saturated heterocycles. The van der Waals surface area contributed by atoms with E-state index in [-0.39, 0.29) is 12.3 Å². The standard InChI is InChI=1S/C13H16N2O4S/c1-13(2,6-10(14)16)15-12(19)8-5-9(20-7-8)3-4-11(17)18/h3-5,7H,6H2,1-2H3,(H2,14,16)(H,15,19)(H,17,18)/b4-3+. The van der Waals surface area contributed by atoms with Gasteiger partial charge in [0.05, 0.1) is 5.56 Å². The SMILES string of the molecule is CC(C)(CC(N)=O)NC(=O)c1csc(/C=C/C(=O)O)c1. The maximum atomic E-state index is 12.0. The van der Waals surface area contributed by atoms with Gasteiger partial charge in [-0.3, -0.25) is 9.59 Å². The fourth-order valence-electron chi connectivity index (χ4n) is 1.57. The number of hydrogen-bond donors (Lipinski definition) is 3. The van der Waals surface area contributed by atoms with Crippen molar-refractivity contribution in [1.82, 2.24) is 5.32 Å². The van der Waals surface area contributed by atoms with Crippen LogP contribution in [-0.2, 0) is 9.59 Å². The van der Waals surface area contributed by atoms with Crippen molar-refractivity contribution < 1.29 is 19.5 Å². The average molecular weight is 296 g/mol. The first-order valence-electron chi connectivity index (χ1n) is 5.80. The van der Waals surface area contributed by atoms with Crippen LogP contribution in [0.25, 0.3) is 6.08 Å². The molecule has 0 saturated carbocycles. The van der Waals surface area contributed by atoms with Gasteiger partial charge in [0.25, 0.3) is 5.91 Å². The fraction of sp³-hybridized carbons (Fsp3) is 0.308. The minimum atomic E-state index is -1.05. The summed E-state index contributed by atoms with van der Waals surface area (Å²) in [4.78, 5) is 33.9. The molecule has 1 rings (SSSR count). The molecule has 0 aliphatic heterocycles. The Morgan fingerprint density at radius 2 is 2.10 bits per heavy atom. The molecule has 1 heterocycles. The molecule has 0 aliphatic rings. The first-order chi connectivity index (χ1) is 9.19. The maximum Gasteiger partial charge on any atom is 0.328 e. The molecule has 0 unspecified atom stereocenters. The number of thiophene rings is 1. The number of rotatable bonds is 6. The van der Waals surface area contributed by atoms with Crippen molar-refractivity contribution in [1.29, 1.82) is 0 Å². The molecule has 108 valence electrons. The molecular weight excluding hydrogens is 280 g/mol. The van der Waals surface area contributed by atoms with Gasteiger partial charge in [0, 0.05) is 28.3 Å². The molecule has 0 fully saturated rings. The van der Waals surface area contributed by atoms with Crippen LogP contribution in [-0.4, -0.2) is 28.4 Å². The zero-order chi connectivity index (χ0) is 15.3. The summed E-state index contributed by atoms with van der Waals surface area (Å²) in [6.07, 6.45) is 2.46. The van der Waals surface area contributed by atoms with E-state index < -0.39 is 17.4 Å². The summed E-state index contributed by atoms with van der Waals surface area (Å²) in [5.41, 5.74) is 4.79. The van der Waals surface area contributed by atoms with Gasteiger partial charge in [-0.05, 0) is 26.0 Å². The predicted octanol–water partition coefficient (Wildman–Crippen LogP) is 1.23. The lowest BCUT2D eigenvalue weighted by molar-refractivity contribution is -0.131.